The third kappa shape index (κ3) is 3.56. The summed E-state index contributed by atoms with van der Waals surface area (Å²) in [5, 5.41) is 6.76. The Balaban J connectivity index is 1.64. The SMILES string of the molecule is CS(=O)(=O)c1cn[nH]c1C[C@@H]1CCCN(Cc2cnc[nH]2)C1. The number of piperidine rings is 1. The Labute approximate surface area is 130 Å². The molecule has 2 N–H and O–H groups in total. The molecule has 1 saturated heterocycles. The summed E-state index contributed by atoms with van der Waals surface area (Å²) in [7, 11) is -3.22. The molecule has 0 spiro atoms. The van der Waals surface area contributed by atoms with E-state index in [1.807, 2.05) is 6.20 Å². The first-order chi connectivity index (χ1) is 10.5. The molecule has 0 saturated carbocycles. The molecule has 0 bridgehead atoms. The average Bonchev–Trinajstić information content (AvgIpc) is 3.10. The van der Waals surface area contributed by atoms with E-state index in [4.69, 9.17) is 0 Å². The average molecular weight is 323 g/mol. The molecule has 7 nitrogen and oxygen atoms in total. The highest BCUT2D eigenvalue weighted by atomic mass is 32.2. The van der Waals surface area contributed by atoms with Gasteiger partial charge in [-0.05, 0) is 31.7 Å². The molecule has 3 rings (SSSR count). The van der Waals surface area contributed by atoms with Gasteiger partial charge in [-0.15, -0.1) is 0 Å². The number of nitrogens with one attached hydrogen (secondary N) is 2. The molecule has 120 valence electrons. The van der Waals surface area contributed by atoms with Crippen LogP contribution in [0.5, 0.6) is 0 Å². The molecule has 22 heavy (non-hydrogen) atoms. The van der Waals surface area contributed by atoms with Gasteiger partial charge < -0.3 is 4.98 Å². The lowest BCUT2D eigenvalue weighted by atomic mass is 9.93. The molecule has 3 heterocycles. The first-order valence-electron chi connectivity index (χ1n) is 7.44. The van der Waals surface area contributed by atoms with Crippen LogP contribution in [0.4, 0.5) is 0 Å². The van der Waals surface area contributed by atoms with Crippen LogP contribution in [0.3, 0.4) is 0 Å². The third-order valence-electron chi connectivity index (χ3n) is 4.12. The molecule has 2 aromatic rings. The highest BCUT2D eigenvalue weighted by molar-refractivity contribution is 7.90. The molecule has 0 radical (unpaired) electrons. The standard InChI is InChI=1S/C14H21N5O2S/c1-22(20,21)14-7-17-18-13(14)5-11-3-2-4-19(8-11)9-12-6-15-10-16-12/h6-7,10-11H,2-5,8-9H2,1H3,(H,15,16)(H,17,18)/t11-/m0/s1. The fraction of sp³-hybridized carbons (Fsp3) is 0.571. The van der Waals surface area contributed by atoms with Crippen molar-refractivity contribution in [1.29, 1.82) is 0 Å². The fourth-order valence-electron chi connectivity index (χ4n) is 3.13. The minimum atomic E-state index is -3.22. The number of nitrogens with zero attached hydrogens (tertiary/aromatic N) is 3. The molecule has 0 aliphatic carbocycles. The Bertz CT molecular complexity index is 707. The summed E-state index contributed by atoms with van der Waals surface area (Å²) in [6.07, 6.45) is 9.15. The highest BCUT2D eigenvalue weighted by Crippen LogP contribution is 2.24. The molecular formula is C14H21N5O2S. The van der Waals surface area contributed by atoms with Crippen molar-refractivity contribution in [2.24, 2.45) is 5.92 Å². The lowest BCUT2D eigenvalue weighted by molar-refractivity contribution is 0.164. The topological polar surface area (TPSA) is 94.7 Å². The van der Waals surface area contributed by atoms with Gasteiger partial charge >= 0.3 is 0 Å². The van der Waals surface area contributed by atoms with Crippen LogP contribution >= 0.6 is 0 Å². The second-order valence-corrected chi connectivity index (χ2v) is 7.99. The van der Waals surface area contributed by atoms with E-state index in [0.717, 1.165) is 50.3 Å². The zero-order chi connectivity index (χ0) is 15.6. The monoisotopic (exact) mass is 323 g/mol. The second kappa shape index (κ2) is 6.21. The number of H-pyrrole nitrogens is 2. The van der Waals surface area contributed by atoms with Gasteiger partial charge in [-0.3, -0.25) is 10.00 Å². The summed E-state index contributed by atoms with van der Waals surface area (Å²) in [5.41, 5.74) is 1.84. The number of sulfone groups is 1. The van der Waals surface area contributed by atoms with E-state index in [0.29, 0.717) is 10.8 Å². The molecule has 1 aliphatic rings. The molecule has 0 unspecified atom stereocenters. The number of rotatable bonds is 5. The quantitative estimate of drug-likeness (QED) is 0.855. The van der Waals surface area contributed by atoms with Gasteiger partial charge in [0.15, 0.2) is 9.84 Å². The molecule has 2 aromatic heterocycles. The Morgan fingerprint density at radius 3 is 3.00 bits per heavy atom. The molecule has 1 fully saturated rings. The van der Waals surface area contributed by atoms with E-state index in [1.54, 1.807) is 6.33 Å². The van der Waals surface area contributed by atoms with Gasteiger partial charge in [-0.2, -0.15) is 5.10 Å². The lowest BCUT2D eigenvalue weighted by Crippen LogP contribution is -2.36. The van der Waals surface area contributed by atoms with Crippen molar-refractivity contribution in [1.82, 2.24) is 25.1 Å². The predicted molar refractivity (Wildman–Crippen MR) is 82.0 cm³/mol. The zero-order valence-electron chi connectivity index (χ0n) is 12.6. The van der Waals surface area contributed by atoms with Gasteiger partial charge in [0.25, 0.3) is 0 Å². The summed E-state index contributed by atoms with van der Waals surface area (Å²) in [4.78, 5) is 9.89. The molecule has 8 heteroatoms. The molecule has 0 amide bonds. The number of likely N-dealkylation sites (tertiary alicyclic amines) is 1. The maximum atomic E-state index is 11.8. The molecule has 1 aliphatic heterocycles. The van der Waals surface area contributed by atoms with E-state index < -0.39 is 9.84 Å². The molecule has 1 atom stereocenters. The smallest absolute Gasteiger partial charge is 0.178 e. The van der Waals surface area contributed by atoms with Gasteiger partial charge in [-0.1, -0.05) is 0 Å². The summed E-state index contributed by atoms with van der Waals surface area (Å²) in [5.74, 6) is 0.442. The number of aromatic amines is 2. The normalized spacial score (nSPS) is 20.3. The van der Waals surface area contributed by atoms with Crippen molar-refractivity contribution in [3.8, 4) is 0 Å². The number of hydrogen-bond donors (Lipinski definition) is 2. The van der Waals surface area contributed by atoms with Crippen molar-refractivity contribution in [2.75, 3.05) is 19.3 Å². The van der Waals surface area contributed by atoms with Crippen LogP contribution < -0.4 is 0 Å². The van der Waals surface area contributed by atoms with Crippen LogP contribution in [0.1, 0.15) is 24.2 Å². The van der Waals surface area contributed by atoms with E-state index >= 15 is 0 Å². The van der Waals surface area contributed by atoms with Gasteiger partial charge in [0, 0.05) is 31.2 Å². The largest absolute Gasteiger partial charge is 0.347 e. The summed E-state index contributed by atoms with van der Waals surface area (Å²) in [6.45, 7) is 2.89. The minimum absolute atomic E-state index is 0.332. The van der Waals surface area contributed by atoms with Crippen molar-refractivity contribution in [3.05, 3.63) is 30.1 Å². The van der Waals surface area contributed by atoms with Crippen molar-refractivity contribution in [3.63, 3.8) is 0 Å². The Morgan fingerprint density at radius 1 is 1.41 bits per heavy atom. The van der Waals surface area contributed by atoms with Crippen LogP contribution in [-0.2, 0) is 22.8 Å². The second-order valence-electron chi connectivity index (χ2n) is 6.01. The van der Waals surface area contributed by atoms with Gasteiger partial charge in [0.05, 0.1) is 18.2 Å². The van der Waals surface area contributed by atoms with Gasteiger partial charge in [-0.25, -0.2) is 13.4 Å². The first kappa shape index (κ1) is 15.2. The molecule has 0 aromatic carbocycles. The maximum Gasteiger partial charge on any atom is 0.178 e. The fourth-order valence-corrected chi connectivity index (χ4v) is 3.95. The van der Waals surface area contributed by atoms with E-state index in [9.17, 15) is 8.42 Å². The summed E-state index contributed by atoms with van der Waals surface area (Å²) in [6, 6.07) is 0. The Hall–Kier alpha value is -1.67. The predicted octanol–water partition coefficient (Wildman–Crippen LogP) is 0.991. The number of hydrogen-bond acceptors (Lipinski definition) is 5. The van der Waals surface area contributed by atoms with E-state index in [2.05, 4.69) is 25.1 Å². The third-order valence-corrected chi connectivity index (χ3v) is 5.27. The maximum absolute atomic E-state index is 11.8. The van der Waals surface area contributed by atoms with Crippen LogP contribution in [0.15, 0.2) is 23.6 Å². The zero-order valence-corrected chi connectivity index (χ0v) is 13.4. The van der Waals surface area contributed by atoms with Crippen LogP contribution in [0.25, 0.3) is 0 Å². The van der Waals surface area contributed by atoms with Crippen LogP contribution in [0, 0.1) is 5.92 Å². The number of aromatic nitrogens is 4. The van der Waals surface area contributed by atoms with Gasteiger partial charge in [0.2, 0.25) is 0 Å². The summed E-state index contributed by atoms with van der Waals surface area (Å²) < 4.78 is 23.5. The van der Waals surface area contributed by atoms with Crippen molar-refractivity contribution in [2.45, 2.75) is 30.7 Å². The Morgan fingerprint density at radius 2 is 2.27 bits per heavy atom. The van der Waals surface area contributed by atoms with Crippen LogP contribution in [-0.4, -0.2) is 52.8 Å². The van der Waals surface area contributed by atoms with E-state index in [1.165, 1.54) is 12.5 Å². The van der Waals surface area contributed by atoms with Crippen molar-refractivity contribution < 1.29 is 8.42 Å². The summed E-state index contributed by atoms with van der Waals surface area (Å²) >= 11 is 0. The molecular weight excluding hydrogens is 302 g/mol. The van der Waals surface area contributed by atoms with E-state index in [-0.39, 0.29) is 0 Å². The Kier molecular flexibility index (Phi) is 4.30. The highest BCUT2D eigenvalue weighted by Gasteiger charge is 2.24. The first-order valence-corrected chi connectivity index (χ1v) is 9.33. The minimum Gasteiger partial charge on any atom is -0.347 e. The van der Waals surface area contributed by atoms with Gasteiger partial charge in [0.1, 0.15) is 4.90 Å². The number of imidazole rings is 1. The van der Waals surface area contributed by atoms with Crippen LogP contribution in [0.2, 0.25) is 0 Å². The lowest BCUT2D eigenvalue weighted by Gasteiger charge is -2.32. The van der Waals surface area contributed by atoms with Crippen molar-refractivity contribution >= 4 is 9.84 Å².